The minimum absolute atomic E-state index is 0.200. The molecule has 0 radical (unpaired) electrons. The number of sulfonamides is 1. The van der Waals surface area contributed by atoms with Gasteiger partial charge in [0.15, 0.2) is 5.76 Å². The summed E-state index contributed by atoms with van der Waals surface area (Å²) < 4.78 is 35.9. The van der Waals surface area contributed by atoms with E-state index in [-0.39, 0.29) is 22.2 Å². The van der Waals surface area contributed by atoms with Gasteiger partial charge in [0.2, 0.25) is 10.0 Å². The summed E-state index contributed by atoms with van der Waals surface area (Å²) in [5, 5.41) is 7.20. The molecule has 2 N–H and O–H groups in total. The molecule has 0 bridgehead atoms. The van der Waals surface area contributed by atoms with Crippen molar-refractivity contribution in [2.24, 2.45) is 0 Å². The van der Waals surface area contributed by atoms with Gasteiger partial charge in [0, 0.05) is 21.8 Å². The molecule has 0 aliphatic rings. The van der Waals surface area contributed by atoms with E-state index >= 15 is 0 Å². The Morgan fingerprint density at radius 1 is 1.16 bits per heavy atom. The van der Waals surface area contributed by atoms with Crippen LogP contribution < -0.4 is 10.0 Å². The van der Waals surface area contributed by atoms with Crippen molar-refractivity contribution in [3.05, 3.63) is 63.8 Å². The van der Waals surface area contributed by atoms with E-state index in [2.05, 4.69) is 15.2 Å². The minimum Gasteiger partial charge on any atom is -0.441 e. The molecule has 164 valence electrons. The molecule has 11 heteroatoms. The van der Waals surface area contributed by atoms with E-state index < -0.39 is 22.2 Å². The number of hydrogen-bond donors (Lipinski definition) is 2. The summed E-state index contributed by atoms with van der Waals surface area (Å²) in [4.78, 5) is 12.5. The summed E-state index contributed by atoms with van der Waals surface area (Å²) in [6.45, 7) is 3.35. The Bertz CT molecular complexity index is 1230. The van der Waals surface area contributed by atoms with Crippen LogP contribution >= 0.6 is 23.2 Å². The monoisotopic (exact) mass is 483 g/mol. The van der Waals surface area contributed by atoms with Crippen LogP contribution in [0.4, 0.5) is 16.2 Å². The first-order valence-electron chi connectivity index (χ1n) is 9.01. The Kier molecular flexibility index (Phi) is 6.78. The zero-order chi connectivity index (χ0) is 22.8. The predicted molar refractivity (Wildman–Crippen MR) is 120 cm³/mol. The molecule has 0 saturated heterocycles. The molecule has 3 aromatic rings. The molecule has 1 heterocycles. The topological polar surface area (TPSA) is 111 Å². The highest BCUT2D eigenvalue weighted by atomic mass is 35.5. The third kappa shape index (κ3) is 5.69. The zero-order valence-electron chi connectivity index (χ0n) is 16.8. The molecule has 8 nitrogen and oxygen atoms in total. The largest absolute Gasteiger partial charge is 0.441 e. The van der Waals surface area contributed by atoms with E-state index in [9.17, 15) is 13.2 Å². The number of benzene rings is 2. The van der Waals surface area contributed by atoms with Crippen molar-refractivity contribution in [2.75, 3.05) is 16.3 Å². The minimum atomic E-state index is -3.46. The highest BCUT2D eigenvalue weighted by Crippen LogP contribution is 2.37. The first-order valence-corrected chi connectivity index (χ1v) is 11.7. The molecular weight excluding hydrogens is 465 g/mol. The van der Waals surface area contributed by atoms with Crippen molar-refractivity contribution in [3.63, 3.8) is 0 Å². The van der Waals surface area contributed by atoms with Crippen LogP contribution in [0.1, 0.15) is 24.3 Å². The van der Waals surface area contributed by atoms with Gasteiger partial charge in [0.25, 0.3) is 0 Å². The van der Waals surface area contributed by atoms with Gasteiger partial charge in [0.1, 0.15) is 17.5 Å². The molecule has 0 fully saturated rings. The van der Waals surface area contributed by atoms with Gasteiger partial charge in [0.05, 0.1) is 11.3 Å². The van der Waals surface area contributed by atoms with Crippen LogP contribution in [-0.2, 0) is 14.8 Å². The number of aromatic nitrogens is 1. The molecule has 1 aromatic heterocycles. The molecule has 2 aromatic carbocycles. The Morgan fingerprint density at radius 3 is 2.52 bits per heavy atom. The van der Waals surface area contributed by atoms with Gasteiger partial charge in [-0.25, -0.2) is 13.2 Å². The number of hydrogen-bond acceptors (Lipinski definition) is 6. The number of carbonyl (C=O) groups is 1. The molecule has 1 unspecified atom stereocenters. The lowest BCUT2D eigenvalue weighted by Gasteiger charge is -2.15. The summed E-state index contributed by atoms with van der Waals surface area (Å²) in [7, 11) is -3.46. The average molecular weight is 484 g/mol. The maximum atomic E-state index is 12.5. The van der Waals surface area contributed by atoms with Crippen LogP contribution in [0, 0.1) is 6.92 Å². The van der Waals surface area contributed by atoms with Crippen LogP contribution in [-0.4, -0.2) is 25.9 Å². The van der Waals surface area contributed by atoms with Gasteiger partial charge < -0.3 is 9.26 Å². The quantitative estimate of drug-likeness (QED) is 0.469. The molecule has 3 rings (SSSR count). The molecule has 0 saturated carbocycles. The van der Waals surface area contributed by atoms with E-state index in [1.807, 2.05) is 0 Å². The van der Waals surface area contributed by atoms with Crippen molar-refractivity contribution in [2.45, 2.75) is 20.0 Å². The highest BCUT2D eigenvalue weighted by molar-refractivity contribution is 7.92. The third-order valence-corrected chi connectivity index (χ3v) is 5.50. The fourth-order valence-electron chi connectivity index (χ4n) is 2.84. The van der Waals surface area contributed by atoms with E-state index in [0.29, 0.717) is 21.8 Å². The summed E-state index contributed by atoms with van der Waals surface area (Å²) in [5.41, 5.74) is 2.05. The number of ether oxygens (including phenoxy) is 1. The van der Waals surface area contributed by atoms with Gasteiger partial charge in [-0.2, -0.15) is 0 Å². The number of nitrogens with one attached hydrogen (secondary N) is 2. The van der Waals surface area contributed by atoms with E-state index in [4.69, 9.17) is 32.5 Å². The van der Waals surface area contributed by atoms with Crippen LogP contribution in [0.5, 0.6) is 0 Å². The second kappa shape index (κ2) is 9.17. The normalized spacial score (nSPS) is 12.3. The molecule has 1 atom stereocenters. The molecule has 0 aliphatic carbocycles. The van der Waals surface area contributed by atoms with Crippen LogP contribution in [0.3, 0.4) is 0 Å². The smallest absolute Gasteiger partial charge is 0.412 e. The number of aryl methyl sites for hydroxylation is 1. The first kappa shape index (κ1) is 22.9. The summed E-state index contributed by atoms with van der Waals surface area (Å²) >= 11 is 12.5. The van der Waals surface area contributed by atoms with Gasteiger partial charge in [-0.15, -0.1) is 0 Å². The number of amides is 1. The standard InChI is InChI=1S/C20H19Cl2N3O5S/c1-11-18(23-20(26)29-12(2)14-6-4-5-7-16(14)21)19(30-24-11)15-9-8-13(10-17(15)22)25-31(3,27)28/h4-10,12,25H,1-3H3,(H,23,26). The Balaban J connectivity index is 1.81. The predicted octanol–water partition coefficient (Wildman–Crippen LogP) is 5.64. The fourth-order valence-corrected chi connectivity index (χ4v) is 3.95. The molecule has 0 spiro atoms. The van der Waals surface area contributed by atoms with E-state index in [1.54, 1.807) is 44.2 Å². The van der Waals surface area contributed by atoms with Crippen molar-refractivity contribution < 1.29 is 22.5 Å². The van der Waals surface area contributed by atoms with Crippen molar-refractivity contribution in [1.29, 1.82) is 0 Å². The molecule has 0 aliphatic heterocycles. The van der Waals surface area contributed by atoms with Gasteiger partial charge in [-0.3, -0.25) is 10.0 Å². The molecule has 1 amide bonds. The van der Waals surface area contributed by atoms with Crippen molar-refractivity contribution >= 4 is 50.7 Å². The van der Waals surface area contributed by atoms with Crippen molar-refractivity contribution in [3.8, 4) is 11.3 Å². The first-order chi connectivity index (χ1) is 14.5. The lowest BCUT2D eigenvalue weighted by Crippen LogP contribution is -2.17. The average Bonchev–Trinajstić information content (AvgIpc) is 3.01. The van der Waals surface area contributed by atoms with Gasteiger partial charge in [-0.1, -0.05) is 46.6 Å². The van der Waals surface area contributed by atoms with E-state index in [1.165, 1.54) is 12.1 Å². The second-order valence-electron chi connectivity index (χ2n) is 6.74. The zero-order valence-corrected chi connectivity index (χ0v) is 19.1. The fraction of sp³-hybridized carbons (Fsp3) is 0.200. The van der Waals surface area contributed by atoms with Gasteiger partial charge >= 0.3 is 6.09 Å². The lowest BCUT2D eigenvalue weighted by atomic mass is 10.1. The molecule has 31 heavy (non-hydrogen) atoms. The van der Waals surface area contributed by atoms with E-state index in [0.717, 1.165) is 6.26 Å². The Labute approximate surface area is 189 Å². The number of nitrogens with zero attached hydrogens (tertiary/aromatic N) is 1. The van der Waals surface area contributed by atoms with Crippen LogP contribution in [0.2, 0.25) is 10.0 Å². The summed E-state index contributed by atoms with van der Waals surface area (Å²) in [6.07, 6.45) is -0.292. The maximum Gasteiger partial charge on any atom is 0.412 e. The van der Waals surface area contributed by atoms with Crippen LogP contribution in [0.25, 0.3) is 11.3 Å². The number of carbonyl (C=O) groups excluding carboxylic acids is 1. The number of anilines is 2. The van der Waals surface area contributed by atoms with Crippen LogP contribution in [0.15, 0.2) is 47.0 Å². The maximum absolute atomic E-state index is 12.5. The van der Waals surface area contributed by atoms with Gasteiger partial charge in [-0.05, 0) is 38.1 Å². The molecular formula is C20H19Cl2N3O5S. The summed E-state index contributed by atoms with van der Waals surface area (Å²) in [5.74, 6) is 0.204. The second-order valence-corrected chi connectivity index (χ2v) is 9.30. The van der Waals surface area contributed by atoms with Crippen molar-refractivity contribution in [1.82, 2.24) is 5.16 Å². The number of halogens is 2. The lowest BCUT2D eigenvalue weighted by molar-refractivity contribution is 0.121. The number of rotatable bonds is 6. The Hall–Kier alpha value is -2.75. The summed E-state index contributed by atoms with van der Waals surface area (Å²) in [6, 6.07) is 11.6. The Morgan fingerprint density at radius 2 is 1.87 bits per heavy atom. The highest BCUT2D eigenvalue weighted by Gasteiger charge is 2.22. The SMILES string of the molecule is Cc1noc(-c2ccc(NS(C)(=O)=O)cc2Cl)c1NC(=O)OC(C)c1ccccc1Cl. The third-order valence-electron chi connectivity index (χ3n) is 4.23.